The Kier molecular flexibility index (Phi) is 5.91. The van der Waals surface area contributed by atoms with E-state index in [0.29, 0.717) is 38.6 Å². The molecule has 6 heteroatoms. The smallest absolute Gasteiger partial charge is 0.317 e. The number of carboxylic acids is 1. The molecule has 0 aromatic carbocycles. The lowest BCUT2D eigenvalue weighted by Crippen LogP contribution is -2.51. The van der Waals surface area contributed by atoms with Crippen LogP contribution in [0.25, 0.3) is 0 Å². The first-order valence-electron chi connectivity index (χ1n) is 6.37. The molecule has 1 fully saturated rings. The van der Waals surface area contributed by atoms with Gasteiger partial charge in [0.25, 0.3) is 0 Å². The number of aliphatic carboxylic acids is 1. The molecule has 2 amide bonds. The van der Waals surface area contributed by atoms with Crippen LogP contribution in [-0.4, -0.2) is 54.4 Å². The second-order valence-corrected chi connectivity index (χ2v) is 4.83. The van der Waals surface area contributed by atoms with Crippen LogP contribution in [0.1, 0.15) is 26.7 Å². The van der Waals surface area contributed by atoms with E-state index in [4.69, 9.17) is 9.84 Å². The predicted octanol–water partition coefficient (Wildman–Crippen LogP) is 0.918. The molecule has 1 aliphatic rings. The molecule has 0 aromatic heterocycles. The summed E-state index contributed by atoms with van der Waals surface area (Å²) in [4.78, 5) is 23.9. The fourth-order valence-electron chi connectivity index (χ4n) is 1.81. The van der Waals surface area contributed by atoms with E-state index in [-0.39, 0.29) is 18.6 Å². The highest BCUT2D eigenvalue weighted by molar-refractivity contribution is 5.74. The lowest BCUT2D eigenvalue weighted by molar-refractivity contribution is -0.137. The van der Waals surface area contributed by atoms with Crippen LogP contribution in [0.2, 0.25) is 0 Å². The van der Waals surface area contributed by atoms with Crippen molar-refractivity contribution < 1.29 is 19.4 Å². The fraction of sp³-hybridized carbons (Fsp3) is 0.833. The summed E-state index contributed by atoms with van der Waals surface area (Å²) in [5.74, 6) is -0.455. The second-order valence-electron chi connectivity index (χ2n) is 4.83. The predicted molar refractivity (Wildman–Crippen MR) is 66.4 cm³/mol. The molecule has 0 spiro atoms. The minimum atomic E-state index is -0.838. The Labute approximate surface area is 107 Å². The minimum Gasteiger partial charge on any atom is -0.481 e. The zero-order valence-electron chi connectivity index (χ0n) is 11.0. The molecule has 0 saturated carbocycles. The summed E-state index contributed by atoms with van der Waals surface area (Å²) in [7, 11) is 0. The average molecular weight is 258 g/mol. The molecule has 0 aliphatic carbocycles. The summed E-state index contributed by atoms with van der Waals surface area (Å²) in [6, 6.07) is -0.130. The van der Waals surface area contributed by atoms with Gasteiger partial charge in [0.15, 0.2) is 0 Å². The minimum absolute atomic E-state index is 0.0814. The zero-order valence-corrected chi connectivity index (χ0v) is 11.0. The summed E-state index contributed by atoms with van der Waals surface area (Å²) < 4.78 is 5.58. The molecule has 1 unspecified atom stereocenters. The van der Waals surface area contributed by atoms with Gasteiger partial charge in [0.2, 0.25) is 0 Å². The van der Waals surface area contributed by atoms with Gasteiger partial charge in [-0.05, 0) is 12.3 Å². The Morgan fingerprint density at radius 2 is 2.22 bits per heavy atom. The van der Waals surface area contributed by atoms with Gasteiger partial charge in [0.05, 0.1) is 12.7 Å². The van der Waals surface area contributed by atoms with Gasteiger partial charge in [-0.2, -0.15) is 0 Å². The van der Waals surface area contributed by atoms with Crippen molar-refractivity contribution in [2.24, 2.45) is 5.92 Å². The third-order valence-corrected chi connectivity index (χ3v) is 2.97. The monoisotopic (exact) mass is 258 g/mol. The first-order valence-corrected chi connectivity index (χ1v) is 6.37. The van der Waals surface area contributed by atoms with Gasteiger partial charge in [-0.15, -0.1) is 0 Å². The molecule has 0 bridgehead atoms. The molecule has 1 rings (SSSR count). The van der Waals surface area contributed by atoms with Gasteiger partial charge in [-0.25, -0.2) is 4.79 Å². The molecule has 1 heterocycles. The maximum absolute atomic E-state index is 11.8. The van der Waals surface area contributed by atoms with Crippen molar-refractivity contribution in [1.82, 2.24) is 10.2 Å². The summed E-state index contributed by atoms with van der Waals surface area (Å²) in [5, 5.41) is 11.2. The molecule has 18 heavy (non-hydrogen) atoms. The third-order valence-electron chi connectivity index (χ3n) is 2.97. The fourth-order valence-corrected chi connectivity index (χ4v) is 1.81. The van der Waals surface area contributed by atoms with Crippen molar-refractivity contribution in [2.45, 2.75) is 32.8 Å². The zero-order chi connectivity index (χ0) is 13.5. The Hall–Kier alpha value is -1.30. The van der Waals surface area contributed by atoms with Gasteiger partial charge in [-0.3, -0.25) is 4.79 Å². The van der Waals surface area contributed by atoms with E-state index in [1.54, 1.807) is 4.90 Å². The van der Waals surface area contributed by atoms with Gasteiger partial charge >= 0.3 is 12.0 Å². The van der Waals surface area contributed by atoms with Gasteiger partial charge in [0, 0.05) is 26.1 Å². The lowest BCUT2D eigenvalue weighted by Gasteiger charge is -2.34. The van der Waals surface area contributed by atoms with Crippen molar-refractivity contribution in [1.29, 1.82) is 0 Å². The standard InChI is InChI=1S/C12H22N2O4/c1-9(2)10-8-14(6-7-18-10)12(17)13-5-3-4-11(15)16/h9-10H,3-8H2,1-2H3,(H,13,17)(H,15,16). The summed E-state index contributed by atoms with van der Waals surface area (Å²) in [6.07, 6.45) is 0.625. The van der Waals surface area contributed by atoms with Crippen LogP contribution in [-0.2, 0) is 9.53 Å². The largest absolute Gasteiger partial charge is 0.481 e. The van der Waals surface area contributed by atoms with Crippen LogP contribution in [0.5, 0.6) is 0 Å². The second kappa shape index (κ2) is 7.20. The Bertz CT molecular complexity index is 294. The van der Waals surface area contributed by atoms with E-state index >= 15 is 0 Å². The summed E-state index contributed by atoms with van der Waals surface area (Å²) in [5.41, 5.74) is 0. The molecule has 1 aliphatic heterocycles. The number of rotatable bonds is 5. The maximum atomic E-state index is 11.8. The quantitative estimate of drug-likeness (QED) is 0.719. The van der Waals surface area contributed by atoms with E-state index < -0.39 is 5.97 Å². The normalized spacial score (nSPS) is 19.9. The molecular weight excluding hydrogens is 236 g/mol. The third kappa shape index (κ3) is 4.91. The molecule has 2 N–H and O–H groups in total. The number of ether oxygens (including phenoxy) is 1. The van der Waals surface area contributed by atoms with Crippen LogP contribution < -0.4 is 5.32 Å². The first kappa shape index (κ1) is 14.8. The molecule has 104 valence electrons. The van der Waals surface area contributed by atoms with Crippen LogP contribution >= 0.6 is 0 Å². The van der Waals surface area contributed by atoms with Gasteiger partial charge in [0.1, 0.15) is 0 Å². The number of hydrogen-bond acceptors (Lipinski definition) is 3. The Morgan fingerprint density at radius 1 is 1.50 bits per heavy atom. The molecule has 0 radical (unpaired) electrons. The van der Waals surface area contributed by atoms with E-state index in [1.165, 1.54) is 0 Å². The number of carbonyl (C=O) groups is 2. The van der Waals surface area contributed by atoms with Gasteiger partial charge in [-0.1, -0.05) is 13.8 Å². The van der Waals surface area contributed by atoms with Crippen molar-refractivity contribution in [2.75, 3.05) is 26.2 Å². The first-order chi connectivity index (χ1) is 8.50. The van der Waals surface area contributed by atoms with E-state index in [2.05, 4.69) is 19.2 Å². The number of urea groups is 1. The molecule has 1 atom stereocenters. The number of nitrogens with zero attached hydrogens (tertiary/aromatic N) is 1. The van der Waals surface area contributed by atoms with Crippen LogP contribution in [0.3, 0.4) is 0 Å². The van der Waals surface area contributed by atoms with Crippen LogP contribution in [0, 0.1) is 5.92 Å². The number of morpholine rings is 1. The molecule has 0 aromatic rings. The van der Waals surface area contributed by atoms with Crippen molar-refractivity contribution in [3.05, 3.63) is 0 Å². The lowest BCUT2D eigenvalue weighted by atomic mass is 10.1. The van der Waals surface area contributed by atoms with Gasteiger partial charge < -0.3 is 20.1 Å². The van der Waals surface area contributed by atoms with Crippen molar-refractivity contribution in [3.63, 3.8) is 0 Å². The number of amides is 2. The number of carbonyl (C=O) groups excluding carboxylic acids is 1. The van der Waals surface area contributed by atoms with Crippen LogP contribution in [0.4, 0.5) is 4.79 Å². The van der Waals surface area contributed by atoms with Crippen molar-refractivity contribution >= 4 is 12.0 Å². The van der Waals surface area contributed by atoms with E-state index in [0.717, 1.165) is 0 Å². The number of nitrogens with one attached hydrogen (secondary N) is 1. The van der Waals surface area contributed by atoms with E-state index in [9.17, 15) is 9.59 Å². The highest BCUT2D eigenvalue weighted by atomic mass is 16.5. The average Bonchev–Trinajstić information content (AvgIpc) is 2.34. The van der Waals surface area contributed by atoms with Crippen molar-refractivity contribution in [3.8, 4) is 0 Å². The summed E-state index contributed by atoms with van der Waals surface area (Å²) >= 11 is 0. The molecule has 6 nitrogen and oxygen atoms in total. The Morgan fingerprint density at radius 3 is 2.83 bits per heavy atom. The highest BCUT2D eigenvalue weighted by Gasteiger charge is 2.25. The maximum Gasteiger partial charge on any atom is 0.317 e. The van der Waals surface area contributed by atoms with E-state index in [1.807, 2.05) is 0 Å². The Balaban J connectivity index is 2.26. The molecular formula is C12H22N2O4. The highest BCUT2D eigenvalue weighted by Crippen LogP contribution is 2.13. The topological polar surface area (TPSA) is 78.9 Å². The number of hydrogen-bond donors (Lipinski definition) is 2. The molecule has 1 saturated heterocycles. The summed E-state index contributed by atoms with van der Waals surface area (Å²) in [6.45, 7) is 6.29. The van der Waals surface area contributed by atoms with Crippen LogP contribution in [0.15, 0.2) is 0 Å². The number of carboxylic acid groups (broad SMARTS) is 1. The SMILES string of the molecule is CC(C)C1CN(C(=O)NCCCC(=O)O)CCO1.